The van der Waals surface area contributed by atoms with Gasteiger partial charge >= 0.3 is 0 Å². The summed E-state index contributed by atoms with van der Waals surface area (Å²) >= 11 is 0. The Morgan fingerprint density at radius 3 is 2.80 bits per heavy atom. The van der Waals surface area contributed by atoms with E-state index in [4.69, 9.17) is 10.5 Å². The second-order valence-corrected chi connectivity index (χ2v) is 6.54. The molecule has 0 aliphatic rings. The van der Waals surface area contributed by atoms with Crippen LogP contribution < -0.4 is 10.5 Å². The fourth-order valence-electron chi connectivity index (χ4n) is 1.76. The summed E-state index contributed by atoms with van der Waals surface area (Å²) in [6.45, 7) is 0.166. The maximum atomic E-state index is 11.2. The second kappa shape index (κ2) is 5.45. The van der Waals surface area contributed by atoms with Crippen LogP contribution in [0.4, 0.5) is 5.69 Å². The minimum absolute atomic E-state index is 0.0460. The summed E-state index contributed by atoms with van der Waals surface area (Å²) in [5, 5.41) is 11.3. The monoisotopic (exact) mass is 297 g/mol. The molecule has 0 aliphatic heterocycles. The van der Waals surface area contributed by atoms with Crippen LogP contribution >= 0.6 is 0 Å². The normalized spacial score (nSPS) is 11.5. The summed E-state index contributed by atoms with van der Waals surface area (Å²) < 4.78 is 29.1. The molecular formula is C11H15N5O3S. The highest BCUT2D eigenvalue weighted by Crippen LogP contribution is 2.33. The number of ether oxygens (including phenoxy) is 1. The first-order valence-electron chi connectivity index (χ1n) is 5.79. The number of methoxy groups -OCH3 is 1. The molecule has 0 fully saturated rings. The van der Waals surface area contributed by atoms with E-state index in [0.29, 0.717) is 22.8 Å². The molecule has 0 amide bonds. The van der Waals surface area contributed by atoms with Gasteiger partial charge in [0.25, 0.3) is 0 Å². The lowest BCUT2D eigenvalue weighted by Crippen LogP contribution is -2.13. The second-order valence-electron chi connectivity index (χ2n) is 4.28. The lowest BCUT2D eigenvalue weighted by molar-refractivity contribution is 0.418. The lowest BCUT2D eigenvalue weighted by atomic mass is 10.1. The van der Waals surface area contributed by atoms with Crippen LogP contribution in [0.3, 0.4) is 0 Å². The summed E-state index contributed by atoms with van der Waals surface area (Å²) in [6, 6.07) is 5.22. The number of nitrogen functional groups attached to an aromatic ring is 1. The summed E-state index contributed by atoms with van der Waals surface area (Å²) in [4.78, 5) is 0. The van der Waals surface area contributed by atoms with E-state index in [1.165, 1.54) is 11.8 Å². The molecule has 108 valence electrons. The highest BCUT2D eigenvalue weighted by atomic mass is 32.2. The number of benzene rings is 1. The van der Waals surface area contributed by atoms with E-state index in [0.717, 1.165) is 6.26 Å². The number of nitrogens with two attached hydrogens (primary N) is 1. The molecule has 0 radical (unpaired) electrons. The summed E-state index contributed by atoms with van der Waals surface area (Å²) in [7, 11) is -1.60. The Morgan fingerprint density at radius 1 is 1.40 bits per heavy atom. The quantitative estimate of drug-likeness (QED) is 0.771. The molecule has 2 aromatic rings. The standard InChI is InChI=1S/C11H15N5O3S/c1-19-10-8(4-3-5-9(10)12)11-13-14-15-16(11)6-7-20(2,17)18/h3-5H,6-7,12H2,1-2H3. The average molecular weight is 297 g/mol. The van der Waals surface area contributed by atoms with E-state index >= 15 is 0 Å². The summed E-state index contributed by atoms with van der Waals surface area (Å²) in [5.74, 6) is 0.830. The maximum absolute atomic E-state index is 11.2. The topological polar surface area (TPSA) is 113 Å². The van der Waals surface area contributed by atoms with Crippen molar-refractivity contribution >= 4 is 15.5 Å². The molecule has 0 spiro atoms. The van der Waals surface area contributed by atoms with Crippen LogP contribution in [0.1, 0.15) is 0 Å². The third-order valence-corrected chi connectivity index (χ3v) is 3.62. The third-order valence-electron chi connectivity index (χ3n) is 2.70. The largest absolute Gasteiger partial charge is 0.494 e. The fraction of sp³-hybridized carbons (Fsp3) is 0.364. The van der Waals surface area contributed by atoms with Crippen LogP contribution in [0.15, 0.2) is 18.2 Å². The van der Waals surface area contributed by atoms with E-state index in [-0.39, 0.29) is 12.3 Å². The van der Waals surface area contributed by atoms with E-state index < -0.39 is 9.84 Å². The number of hydrogen-bond donors (Lipinski definition) is 1. The zero-order valence-electron chi connectivity index (χ0n) is 11.1. The Morgan fingerprint density at radius 2 is 2.15 bits per heavy atom. The van der Waals surface area contributed by atoms with Crippen molar-refractivity contribution < 1.29 is 13.2 Å². The van der Waals surface area contributed by atoms with Gasteiger partial charge in [0.05, 0.1) is 30.7 Å². The van der Waals surface area contributed by atoms with Gasteiger partial charge in [-0.2, -0.15) is 0 Å². The van der Waals surface area contributed by atoms with Crippen LogP contribution in [-0.2, 0) is 16.4 Å². The maximum Gasteiger partial charge on any atom is 0.185 e. The molecule has 2 rings (SSSR count). The molecule has 0 bridgehead atoms. The van der Waals surface area contributed by atoms with E-state index in [1.807, 2.05) is 0 Å². The van der Waals surface area contributed by atoms with Gasteiger partial charge in [-0.3, -0.25) is 0 Å². The predicted molar refractivity (Wildman–Crippen MR) is 73.9 cm³/mol. The van der Waals surface area contributed by atoms with E-state index in [9.17, 15) is 8.42 Å². The fourth-order valence-corrected chi connectivity index (χ4v) is 2.26. The number of aryl methyl sites for hydroxylation is 1. The predicted octanol–water partition coefficient (Wildman–Crippen LogP) is -0.0245. The highest BCUT2D eigenvalue weighted by molar-refractivity contribution is 7.90. The zero-order valence-corrected chi connectivity index (χ0v) is 12.0. The highest BCUT2D eigenvalue weighted by Gasteiger charge is 2.16. The van der Waals surface area contributed by atoms with Gasteiger partial charge in [0.1, 0.15) is 9.84 Å². The number of anilines is 1. The van der Waals surface area contributed by atoms with Crippen molar-refractivity contribution in [1.82, 2.24) is 20.2 Å². The molecule has 1 aromatic carbocycles. The van der Waals surface area contributed by atoms with Gasteiger partial charge in [-0.15, -0.1) is 5.10 Å². The Bertz CT molecular complexity index is 711. The molecule has 2 N–H and O–H groups in total. The van der Waals surface area contributed by atoms with Crippen molar-refractivity contribution in [3.63, 3.8) is 0 Å². The number of hydrogen-bond acceptors (Lipinski definition) is 7. The van der Waals surface area contributed by atoms with Crippen molar-refractivity contribution in [3.8, 4) is 17.1 Å². The summed E-state index contributed by atoms with van der Waals surface area (Å²) in [5.41, 5.74) is 6.91. The van der Waals surface area contributed by atoms with Crippen LogP contribution in [0, 0.1) is 0 Å². The Hall–Kier alpha value is -2.16. The number of tetrazole rings is 1. The smallest absolute Gasteiger partial charge is 0.185 e. The molecule has 0 atom stereocenters. The van der Waals surface area contributed by atoms with Gasteiger partial charge in [-0.05, 0) is 22.6 Å². The van der Waals surface area contributed by atoms with Crippen molar-refractivity contribution in [2.24, 2.45) is 0 Å². The van der Waals surface area contributed by atoms with E-state index in [1.54, 1.807) is 18.2 Å². The molecule has 8 nitrogen and oxygen atoms in total. The Kier molecular flexibility index (Phi) is 3.89. The van der Waals surface area contributed by atoms with E-state index in [2.05, 4.69) is 15.5 Å². The van der Waals surface area contributed by atoms with Crippen LogP contribution in [0.5, 0.6) is 5.75 Å². The molecule has 9 heteroatoms. The van der Waals surface area contributed by atoms with Gasteiger partial charge < -0.3 is 10.5 Å². The zero-order chi connectivity index (χ0) is 14.8. The molecule has 0 saturated heterocycles. The number of sulfone groups is 1. The first-order chi connectivity index (χ1) is 9.42. The Labute approximate surface area is 116 Å². The van der Waals surface area contributed by atoms with Crippen molar-refractivity contribution in [2.75, 3.05) is 24.9 Å². The minimum Gasteiger partial charge on any atom is -0.494 e. The molecular weight excluding hydrogens is 282 g/mol. The Balaban J connectivity index is 2.40. The van der Waals surface area contributed by atoms with Gasteiger partial charge in [-0.1, -0.05) is 6.07 Å². The van der Waals surface area contributed by atoms with Gasteiger partial charge in [0.2, 0.25) is 0 Å². The summed E-state index contributed by atoms with van der Waals surface area (Å²) in [6.07, 6.45) is 1.16. The van der Waals surface area contributed by atoms with Crippen LogP contribution in [-0.4, -0.2) is 47.7 Å². The first-order valence-corrected chi connectivity index (χ1v) is 7.85. The van der Waals surface area contributed by atoms with Crippen molar-refractivity contribution in [1.29, 1.82) is 0 Å². The van der Waals surface area contributed by atoms with Crippen LogP contribution in [0.2, 0.25) is 0 Å². The minimum atomic E-state index is -3.10. The number of nitrogens with zero attached hydrogens (tertiary/aromatic N) is 4. The first kappa shape index (κ1) is 14.3. The third kappa shape index (κ3) is 3.05. The van der Waals surface area contributed by atoms with Crippen molar-refractivity contribution in [2.45, 2.75) is 6.54 Å². The SMILES string of the molecule is COc1c(N)cccc1-c1nnnn1CCS(C)(=O)=O. The molecule has 0 saturated carbocycles. The number of aromatic nitrogens is 4. The lowest BCUT2D eigenvalue weighted by Gasteiger charge is -2.10. The molecule has 1 heterocycles. The van der Waals surface area contributed by atoms with Gasteiger partial charge in [0, 0.05) is 6.26 Å². The molecule has 0 unspecified atom stereocenters. The van der Waals surface area contributed by atoms with Gasteiger partial charge in [-0.25, -0.2) is 13.1 Å². The van der Waals surface area contributed by atoms with Crippen LogP contribution in [0.25, 0.3) is 11.4 Å². The molecule has 0 aliphatic carbocycles. The van der Waals surface area contributed by atoms with Gasteiger partial charge in [0.15, 0.2) is 11.6 Å². The average Bonchev–Trinajstić information content (AvgIpc) is 2.83. The van der Waals surface area contributed by atoms with Crippen molar-refractivity contribution in [3.05, 3.63) is 18.2 Å². The number of rotatable bonds is 5. The number of para-hydroxylation sites is 1. The molecule has 20 heavy (non-hydrogen) atoms. The molecule has 1 aromatic heterocycles.